The van der Waals surface area contributed by atoms with Gasteiger partial charge in [-0.1, -0.05) is 12.8 Å². The molecular weight excluding hydrogens is 206 g/mol. The van der Waals surface area contributed by atoms with E-state index in [1.807, 2.05) is 0 Å². The zero-order valence-electron chi connectivity index (χ0n) is 9.82. The van der Waals surface area contributed by atoms with E-state index in [0.29, 0.717) is 0 Å². The molecule has 0 radical (unpaired) electrons. The number of nitrogens with two attached hydrogens (primary N) is 2. The van der Waals surface area contributed by atoms with Crippen LogP contribution < -0.4 is 11.5 Å². The molecule has 0 aromatic rings. The van der Waals surface area contributed by atoms with Gasteiger partial charge in [-0.15, -0.1) is 0 Å². The maximum atomic E-state index is 11.9. The highest BCUT2D eigenvalue weighted by atomic mass is 16.2. The van der Waals surface area contributed by atoms with Gasteiger partial charge in [-0.25, -0.2) is 0 Å². The lowest BCUT2D eigenvalue weighted by molar-refractivity contribution is -0.137. The van der Waals surface area contributed by atoms with Crippen LogP contribution in [0.4, 0.5) is 0 Å². The van der Waals surface area contributed by atoms with Crippen LogP contribution in [0.25, 0.3) is 0 Å². The first-order chi connectivity index (χ1) is 7.50. The van der Waals surface area contributed by atoms with Gasteiger partial charge >= 0.3 is 0 Å². The van der Waals surface area contributed by atoms with Gasteiger partial charge in [0, 0.05) is 18.5 Å². The third-order valence-electron chi connectivity index (χ3n) is 2.91. The summed E-state index contributed by atoms with van der Waals surface area (Å²) in [7, 11) is 0. The number of amides is 2. The minimum absolute atomic E-state index is 0.0240. The maximum absolute atomic E-state index is 11.9. The topological polar surface area (TPSA) is 89.4 Å². The van der Waals surface area contributed by atoms with E-state index in [-0.39, 0.29) is 31.0 Å². The summed E-state index contributed by atoms with van der Waals surface area (Å²) in [6, 6.07) is 0.00281. The van der Waals surface area contributed by atoms with E-state index >= 15 is 0 Å². The molecule has 4 N–H and O–H groups in total. The van der Waals surface area contributed by atoms with Gasteiger partial charge in [0.25, 0.3) is 0 Å². The second-order valence-corrected chi connectivity index (χ2v) is 4.61. The molecule has 0 spiro atoms. The van der Waals surface area contributed by atoms with Crippen LogP contribution in [-0.4, -0.2) is 35.3 Å². The molecule has 5 heteroatoms. The largest absolute Gasteiger partial charge is 0.368 e. The van der Waals surface area contributed by atoms with Gasteiger partial charge in [-0.3, -0.25) is 9.59 Å². The number of carbonyl (C=O) groups excluding carboxylic acids is 2. The van der Waals surface area contributed by atoms with Crippen LogP contribution in [0.1, 0.15) is 39.0 Å². The lowest BCUT2D eigenvalue weighted by atomic mass is 10.1. The third kappa shape index (κ3) is 3.81. The van der Waals surface area contributed by atoms with Gasteiger partial charge in [0.05, 0.1) is 6.54 Å². The number of rotatable bonds is 5. The maximum Gasteiger partial charge on any atom is 0.237 e. The van der Waals surface area contributed by atoms with E-state index in [1.165, 1.54) is 0 Å². The minimum atomic E-state index is -0.454. The van der Waals surface area contributed by atoms with Crippen LogP contribution in [0.2, 0.25) is 0 Å². The van der Waals surface area contributed by atoms with Crippen molar-refractivity contribution in [3.63, 3.8) is 0 Å². The Morgan fingerprint density at radius 3 is 2.38 bits per heavy atom. The summed E-state index contributed by atoms with van der Waals surface area (Å²) < 4.78 is 0. The average Bonchev–Trinajstić information content (AvgIpc) is 2.64. The molecule has 16 heavy (non-hydrogen) atoms. The second-order valence-electron chi connectivity index (χ2n) is 4.61. The molecule has 5 nitrogen and oxygen atoms in total. The first-order valence-corrected chi connectivity index (χ1v) is 5.84. The molecule has 1 rings (SSSR count). The van der Waals surface area contributed by atoms with Crippen LogP contribution in [0.5, 0.6) is 0 Å². The molecule has 92 valence electrons. The van der Waals surface area contributed by atoms with Crippen LogP contribution in [0.15, 0.2) is 0 Å². The second kappa shape index (κ2) is 5.84. The molecule has 0 aliphatic heterocycles. The highest BCUT2D eigenvalue weighted by Gasteiger charge is 2.27. The molecule has 1 aliphatic rings. The monoisotopic (exact) mass is 227 g/mol. The number of carbonyl (C=O) groups is 2. The summed E-state index contributed by atoms with van der Waals surface area (Å²) in [6.07, 6.45) is 4.45. The molecule has 1 atom stereocenters. The summed E-state index contributed by atoms with van der Waals surface area (Å²) in [6.45, 7) is 1.81. The first kappa shape index (κ1) is 13.0. The quantitative estimate of drug-likeness (QED) is 0.691. The highest BCUT2D eigenvalue weighted by molar-refractivity contribution is 5.84. The molecule has 0 bridgehead atoms. The van der Waals surface area contributed by atoms with Gasteiger partial charge in [0.15, 0.2) is 0 Å². The van der Waals surface area contributed by atoms with Crippen molar-refractivity contribution in [3.05, 3.63) is 0 Å². The smallest absolute Gasteiger partial charge is 0.237 e. The molecule has 0 aromatic heterocycles. The number of hydrogen-bond acceptors (Lipinski definition) is 3. The number of nitrogens with zero attached hydrogens (tertiary/aromatic N) is 1. The molecule has 0 heterocycles. The average molecular weight is 227 g/mol. The van der Waals surface area contributed by atoms with Gasteiger partial charge < -0.3 is 16.4 Å². The van der Waals surface area contributed by atoms with Gasteiger partial charge in [-0.2, -0.15) is 0 Å². The predicted octanol–water partition coefficient (Wildman–Crippen LogP) is -0.0198. The van der Waals surface area contributed by atoms with Crippen molar-refractivity contribution in [2.75, 3.05) is 6.54 Å². The van der Waals surface area contributed by atoms with E-state index in [2.05, 4.69) is 0 Å². The normalized spacial score (nSPS) is 18.4. The van der Waals surface area contributed by atoms with Crippen LogP contribution in [0.3, 0.4) is 0 Å². The Morgan fingerprint density at radius 1 is 1.38 bits per heavy atom. The molecule has 1 saturated carbocycles. The van der Waals surface area contributed by atoms with E-state index in [9.17, 15) is 9.59 Å². The van der Waals surface area contributed by atoms with Crippen molar-refractivity contribution in [2.24, 2.45) is 11.5 Å². The molecule has 2 amide bonds. The Kier molecular flexibility index (Phi) is 4.73. The van der Waals surface area contributed by atoms with Crippen LogP contribution in [0, 0.1) is 0 Å². The van der Waals surface area contributed by atoms with Crippen molar-refractivity contribution >= 4 is 11.8 Å². The lowest BCUT2D eigenvalue weighted by Gasteiger charge is -2.28. The van der Waals surface area contributed by atoms with Gasteiger partial charge in [0.1, 0.15) is 0 Å². The fourth-order valence-corrected chi connectivity index (χ4v) is 2.20. The first-order valence-electron chi connectivity index (χ1n) is 5.84. The Balaban J connectivity index is 2.61. The molecular formula is C11H21N3O2. The molecule has 1 aliphatic carbocycles. The lowest BCUT2D eigenvalue weighted by Crippen LogP contribution is -2.45. The van der Waals surface area contributed by atoms with Crippen molar-refractivity contribution in [2.45, 2.75) is 51.1 Å². The predicted molar refractivity (Wildman–Crippen MR) is 61.4 cm³/mol. The van der Waals surface area contributed by atoms with Crippen molar-refractivity contribution in [1.29, 1.82) is 0 Å². The van der Waals surface area contributed by atoms with E-state index < -0.39 is 5.91 Å². The molecule has 0 saturated heterocycles. The summed E-state index contributed by atoms with van der Waals surface area (Å²) >= 11 is 0. The van der Waals surface area contributed by atoms with E-state index in [0.717, 1.165) is 25.7 Å². The zero-order chi connectivity index (χ0) is 12.1. The van der Waals surface area contributed by atoms with Crippen LogP contribution >= 0.6 is 0 Å². The van der Waals surface area contributed by atoms with E-state index in [4.69, 9.17) is 11.5 Å². The Bertz CT molecular complexity index is 260. The Labute approximate surface area is 96.1 Å². The van der Waals surface area contributed by atoms with Crippen molar-refractivity contribution in [1.82, 2.24) is 4.90 Å². The standard InChI is InChI=1S/C11H21N3O2/c1-8(12)6-11(16)14(7-10(13)15)9-4-2-3-5-9/h8-9H,2-7,12H2,1H3,(H2,13,15). The fraction of sp³-hybridized carbons (Fsp3) is 0.818. The van der Waals surface area contributed by atoms with Crippen LogP contribution in [-0.2, 0) is 9.59 Å². The summed E-state index contributed by atoms with van der Waals surface area (Å²) in [4.78, 5) is 24.5. The zero-order valence-corrected chi connectivity index (χ0v) is 9.82. The summed E-state index contributed by atoms with van der Waals surface area (Å²) in [5, 5.41) is 0. The van der Waals surface area contributed by atoms with E-state index in [1.54, 1.807) is 11.8 Å². The SMILES string of the molecule is CC(N)CC(=O)N(CC(N)=O)C1CCCC1. The van der Waals surface area contributed by atoms with Gasteiger partial charge in [-0.05, 0) is 19.8 Å². The number of hydrogen-bond donors (Lipinski definition) is 2. The van der Waals surface area contributed by atoms with Gasteiger partial charge in [0.2, 0.25) is 11.8 Å². The number of primary amides is 1. The highest BCUT2D eigenvalue weighted by Crippen LogP contribution is 2.23. The summed E-state index contributed by atoms with van der Waals surface area (Å²) in [5.41, 5.74) is 10.8. The summed E-state index contributed by atoms with van der Waals surface area (Å²) in [5.74, 6) is -0.509. The third-order valence-corrected chi connectivity index (χ3v) is 2.91. The molecule has 1 unspecified atom stereocenters. The minimum Gasteiger partial charge on any atom is -0.368 e. The Morgan fingerprint density at radius 2 is 1.94 bits per heavy atom. The van der Waals surface area contributed by atoms with Crippen molar-refractivity contribution in [3.8, 4) is 0 Å². The molecule has 1 fully saturated rings. The molecule has 0 aromatic carbocycles. The van der Waals surface area contributed by atoms with Crippen molar-refractivity contribution < 1.29 is 9.59 Å². The Hall–Kier alpha value is -1.10. The fourth-order valence-electron chi connectivity index (χ4n) is 2.20.